The van der Waals surface area contributed by atoms with E-state index >= 15 is 0 Å². The van der Waals surface area contributed by atoms with Crippen molar-refractivity contribution in [1.29, 1.82) is 0 Å². The van der Waals surface area contributed by atoms with Crippen LogP contribution in [0.1, 0.15) is 55.4 Å². The lowest BCUT2D eigenvalue weighted by Gasteiger charge is -2.67. The van der Waals surface area contributed by atoms with Gasteiger partial charge in [0.2, 0.25) is 0 Å². The first-order valence-corrected chi connectivity index (χ1v) is 14.0. The average molecular weight is 445 g/mol. The normalized spacial score (nSPS) is 45.5. The van der Waals surface area contributed by atoms with E-state index in [4.69, 9.17) is 11.2 Å². The van der Waals surface area contributed by atoms with Gasteiger partial charge in [-0.15, -0.1) is 0 Å². The topological polar surface area (TPSA) is 0 Å². The Balaban J connectivity index is 2.71. The molecule has 3 rings (SSSR count). The Morgan fingerprint density at radius 2 is 1.75 bits per heavy atom. The van der Waals surface area contributed by atoms with Crippen LogP contribution in [-0.2, 0) is 0 Å². The zero-order valence-corrected chi connectivity index (χ0v) is 18.7. The Morgan fingerprint density at radius 1 is 1.25 bits per heavy atom. The molecule has 2 bridgehead atoms. The predicted molar refractivity (Wildman–Crippen MR) is 106 cm³/mol. The first kappa shape index (κ1) is 18.0. The molecule has 0 nitrogen and oxygen atoms in total. The van der Waals surface area contributed by atoms with E-state index in [1.807, 2.05) is 0 Å². The van der Waals surface area contributed by atoms with Crippen molar-refractivity contribution in [3.63, 3.8) is 0 Å². The minimum absolute atomic E-state index is 0.0802. The molecule has 116 valence electrons. The van der Waals surface area contributed by atoms with Crippen molar-refractivity contribution in [3.8, 4) is 0 Å². The summed E-state index contributed by atoms with van der Waals surface area (Å²) in [5.41, 5.74) is 2.95. The van der Waals surface area contributed by atoms with Crippen LogP contribution in [0.25, 0.3) is 0 Å². The highest BCUT2D eigenvalue weighted by atomic mass is 127. The lowest BCUT2D eigenvalue weighted by atomic mass is 9.72. The second-order valence-electron chi connectivity index (χ2n) is 8.86. The van der Waals surface area contributed by atoms with Gasteiger partial charge in [-0.25, -0.2) is 0 Å². The van der Waals surface area contributed by atoms with Gasteiger partial charge in [-0.3, -0.25) is 0 Å². The van der Waals surface area contributed by atoms with Gasteiger partial charge in [-0.1, -0.05) is 93.4 Å². The van der Waals surface area contributed by atoms with E-state index in [1.54, 1.807) is 5.57 Å². The van der Waals surface area contributed by atoms with Gasteiger partial charge in [-0.05, 0) is 34.9 Å². The van der Waals surface area contributed by atoms with Gasteiger partial charge in [0.05, 0.1) is 4.90 Å². The molecule has 0 amide bonds. The molecule has 0 aromatic carbocycles. The van der Waals surface area contributed by atoms with Crippen molar-refractivity contribution in [2.75, 3.05) is 6.16 Å². The summed E-state index contributed by atoms with van der Waals surface area (Å²) < 4.78 is 0. The number of rotatable bonds is 0. The molecule has 3 aliphatic heterocycles. The predicted octanol–water partition coefficient (Wildman–Crippen LogP) is 7.59. The van der Waals surface area contributed by atoms with Crippen molar-refractivity contribution in [1.82, 2.24) is 0 Å². The Labute approximate surface area is 145 Å². The van der Waals surface area contributed by atoms with Crippen LogP contribution in [0, 0.1) is 16.2 Å². The van der Waals surface area contributed by atoms with E-state index in [0.29, 0.717) is 11.1 Å². The monoisotopic (exact) mass is 444 g/mol. The maximum absolute atomic E-state index is 7.32. The minimum atomic E-state index is -0.531. The summed E-state index contributed by atoms with van der Waals surface area (Å²) in [6, 6.07) is 0. The van der Waals surface area contributed by atoms with E-state index < -0.39 is 7.27 Å². The van der Waals surface area contributed by atoms with E-state index in [0.717, 1.165) is 0 Å². The molecule has 0 N–H and O–H groups in total. The fraction of sp³-hybridized carbons (Fsp3) is 0.875. The molecule has 20 heavy (non-hydrogen) atoms. The van der Waals surface area contributed by atoms with Gasteiger partial charge < -0.3 is 0 Å². The third kappa shape index (κ3) is 2.28. The highest BCUT2D eigenvalue weighted by Gasteiger charge is 2.67. The maximum Gasteiger partial charge on any atom is 0.0591 e. The molecule has 0 spiro atoms. The Hall–Kier alpha value is 1.62. The fourth-order valence-electron chi connectivity index (χ4n) is 4.73. The van der Waals surface area contributed by atoms with Gasteiger partial charge in [0.1, 0.15) is 0 Å². The van der Waals surface area contributed by atoms with Gasteiger partial charge in [0.15, 0.2) is 0 Å². The molecule has 0 aromatic rings. The van der Waals surface area contributed by atoms with Crippen LogP contribution < -0.4 is 0 Å². The van der Waals surface area contributed by atoms with Crippen LogP contribution in [0.5, 0.6) is 0 Å². The van der Waals surface area contributed by atoms with Crippen molar-refractivity contribution >= 4 is 46.1 Å². The second kappa shape index (κ2) is 5.06. The Kier molecular flexibility index (Phi) is 4.54. The van der Waals surface area contributed by atoms with E-state index in [9.17, 15) is 0 Å². The lowest BCUT2D eigenvalue weighted by Crippen LogP contribution is -2.57. The second-order valence-corrected chi connectivity index (χ2v) is 17.3. The van der Waals surface area contributed by atoms with Crippen LogP contribution in [0.2, 0.25) is 0 Å². The number of hydrogen-bond donors (Lipinski definition) is 0. The van der Waals surface area contributed by atoms with Crippen LogP contribution in [0.15, 0.2) is 11.6 Å². The Bertz CT molecular complexity index is 448. The zero-order chi connectivity index (χ0) is 15.7. The molecule has 5 unspecified atom stereocenters. The Morgan fingerprint density at radius 3 is 2.10 bits per heavy atom. The number of halogens is 2. The zero-order valence-electron chi connectivity index (χ0n) is 14.0. The van der Waals surface area contributed by atoms with E-state index in [-0.39, 0.29) is 21.3 Å². The molecule has 0 saturated carbocycles. The summed E-state index contributed by atoms with van der Waals surface area (Å²) in [6.45, 7) is 19.2. The van der Waals surface area contributed by atoms with Crippen molar-refractivity contribution in [2.24, 2.45) is 16.2 Å². The summed E-state index contributed by atoms with van der Waals surface area (Å²) in [6.07, 6.45) is 3.94. The third-order valence-corrected chi connectivity index (χ3v) is 18.5. The molecule has 0 aromatic heterocycles. The number of fused-ring (bicyclic) bond motifs is 2. The van der Waals surface area contributed by atoms with Crippen LogP contribution in [-0.4, -0.2) is 16.7 Å². The molecule has 4 heteroatoms. The van der Waals surface area contributed by atoms with Crippen molar-refractivity contribution in [3.05, 3.63) is 11.6 Å². The molecule has 0 radical (unpaired) electrons. The van der Waals surface area contributed by atoms with Crippen molar-refractivity contribution in [2.45, 2.75) is 65.9 Å². The van der Waals surface area contributed by atoms with Gasteiger partial charge in [0, 0.05) is 12.9 Å². The first-order valence-electron chi connectivity index (χ1n) is 7.37. The van der Waals surface area contributed by atoms with E-state index in [2.05, 4.69) is 83.5 Å². The third-order valence-electron chi connectivity index (χ3n) is 4.95. The molecular weight excluding hydrogens is 416 g/mol. The molecule has 1 saturated heterocycles. The average Bonchev–Trinajstić information content (AvgIpc) is 2.08. The lowest BCUT2D eigenvalue weighted by molar-refractivity contribution is 0.250. The number of allylic oxidation sites excluding steroid dienone is 2. The maximum atomic E-state index is 7.32. The number of hydrogen-bond acceptors (Lipinski definition) is 0. The highest BCUT2D eigenvalue weighted by molar-refractivity contribution is 14.2. The van der Waals surface area contributed by atoms with E-state index in [1.165, 1.54) is 6.16 Å². The molecule has 0 aliphatic carbocycles. The minimum Gasteiger partial charge on any atom is -0.0947 e. The van der Waals surface area contributed by atoms with Crippen LogP contribution in [0.3, 0.4) is 0 Å². The van der Waals surface area contributed by atoms with Crippen LogP contribution >= 0.6 is 46.1 Å². The standard InChI is InChI=1S/C16H28ClIP2/c1-11-9-15(8)10-19(18)16(11,14(5,6)7)20(17)12(15)13(2,3)4/h9,12H,10H2,1-8H3. The summed E-state index contributed by atoms with van der Waals surface area (Å²) in [4.78, 5) is 0.246. The molecule has 3 aliphatic rings. The molecule has 3 heterocycles. The van der Waals surface area contributed by atoms with Crippen LogP contribution in [0.4, 0.5) is 0 Å². The van der Waals surface area contributed by atoms with Gasteiger partial charge in [0.25, 0.3) is 0 Å². The highest BCUT2D eigenvalue weighted by Crippen LogP contribution is 2.91. The largest absolute Gasteiger partial charge is 0.0947 e. The SMILES string of the molecule is CC1=CC2(C)CP(I)C1(C(C)(C)C)P(Cl)C2C(C)(C)C. The fourth-order valence-corrected chi connectivity index (χ4v) is 23.6. The van der Waals surface area contributed by atoms with Crippen molar-refractivity contribution < 1.29 is 0 Å². The summed E-state index contributed by atoms with van der Waals surface area (Å²) >= 11 is 10.1. The molecule has 1 fully saturated rings. The summed E-state index contributed by atoms with van der Waals surface area (Å²) in [5, 5.41) is 0. The van der Waals surface area contributed by atoms with Gasteiger partial charge >= 0.3 is 0 Å². The van der Waals surface area contributed by atoms with Gasteiger partial charge in [-0.2, -0.15) is 0 Å². The molecule has 5 atom stereocenters. The summed E-state index contributed by atoms with van der Waals surface area (Å²) in [5.74, 6) is 0. The quantitative estimate of drug-likeness (QED) is 0.205. The first-order chi connectivity index (χ1) is 8.78. The smallest absolute Gasteiger partial charge is 0.0591 e. The summed E-state index contributed by atoms with van der Waals surface area (Å²) in [7, 11) is -0.531. The molecular formula is C16H28ClIP2.